The fraction of sp³-hybridized carbons (Fsp3) is 0.600. The standard InChI is InChI=1S/C10H16O/c1-9(2)6-7-10-5-3-4-8-11-10/h3-5,9H,6-8H2,1-2H3. The predicted molar refractivity (Wildman–Crippen MR) is 47.2 cm³/mol. The highest BCUT2D eigenvalue weighted by atomic mass is 16.5. The van der Waals surface area contributed by atoms with Crippen molar-refractivity contribution in [1.82, 2.24) is 0 Å². The molecule has 1 rings (SSSR count). The Morgan fingerprint density at radius 3 is 2.91 bits per heavy atom. The van der Waals surface area contributed by atoms with Gasteiger partial charge < -0.3 is 4.74 Å². The Morgan fingerprint density at radius 2 is 2.36 bits per heavy atom. The molecule has 0 N–H and O–H groups in total. The minimum Gasteiger partial charge on any atom is -0.494 e. The minimum absolute atomic E-state index is 0.754. The second kappa shape index (κ2) is 4.22. The van der Waals surface area contributed by atoms with E-state index < -0.39 is 0 Å². The lowest BCUT2D eigenvalue weighted by atomic mass is 10.1. The van der Waals surface area contributed by atoms with Crippen LogP contribution in [0.2, 0.25) is 0 Å². The van der Waals surface area contributed by atoms with Crippen LogP contribution in [0, 0.1) is 5.92 Å². The third-order valence-electron chi connectivity index (χ3n) is 1.75. The molecule has 1 aliphatic rings. The summed E-state index contributed by atoms with van der Waals surface area (Å²) in [6, 6.07) is 0. The van der Waals surface area contributed by atoms with E-state index in [1.54, 1.807) is 0 Å². The van der Waals surface area contributed by atoms with Gasteiger partial charge in [-0.15, -0.1) is 0 Å². The van der Waals surface area contributed by atoms with Crippen molar-refractivity contribution in [1.29, 1.82) is 0 Å². The summed E-state index contributed by atoms with van der Waals surface area (Å²) in [6.07, 6.45) is 8.46. The van der Waals surface area contributed by atoms with Crippen molar-refractivity contribution < 1.29 is 4.74 Å². The molecule has 0 aliphatic carbocycles. The summed E-state index contributed by atoms with van der Waals surface area (Å²) in [5.74, 6) is 1.91. The zero-order valence-corrected chi connectivity index (χ0v) is 7.34. The quantitative estimate of drug-likeness (QED) is 0.604. The van der Waals surface area contributed by atoms with Crippen molar-refractivity contribution in [3.63, 3.8) is 0 Å². The van der Waals surface area contributed by atoms with Crippen LogP contribution in [0.1, 0.15) is 26.7 Å². The second-order valence-electron chi connectivity index (χ2n) is 3.30. The van der Waals surface area contributed by atoms with Crippen LogP contribution in [0.15, 0.2) is 24.0 Å². The van der Waals surface area contributed by atoms with Gasteiger partial charge in [0.1, 0.15) is 6.61 Å². The molecule has 0 radical (unpaired) electrons. The van der Waals surface area contributed by atoms with Gasteiger partial charge in [-0.2, -0.15) is 0 Å². The van der Waals surface area contributed by atoms with E-state index in [-0.39, 0.29) is 0 Å². The van der Waals surface area contributed by atoms with Crippen LogP contribution in [0.3, 0.4) is 0 Å². The van der Waals surface area contributed by atoms with Crippen LogP contribution in [0.4, 0.5) is 0 Å². The first-order chi connectivity index (χ1) is 5.29. The fourth-order valence-corrected chi connectivity index (χ4v) is 1.02. The molecule has 1 heteroatoms. The maximum atomic E-state index is 5.40. The van der Waals surface area contributed by atoms with Crippen LogP contribution in [-0.2, 0) is 4.74 Å². The Hall–Kier alpha value is -0.720. The predicted octanol–water partition coefficient (Wildman–Crippen LogP) is 2.89. The fourth-order valence-electron chi connectivity index (χ4n) is 1.02. The Balaban J connectivity index is 2.25. The molecule has 0 saturated heterocycles. The topological polar surface area (TPSA) is 9.23 Å². The van der Waals surface area contributed by atoms with Crippen LogP contribution < -0.4 is 0 Å². The molecule has 0 aromatic carbocycles. The third-order valence-corrected chi connectivity index (χ3v) is 1.75. The summed E-state index contributed by atoms with van der Waals surface area (Å²) in [5, 5.41) is 0. The van der Waals surface area contributed by atoms with Crippen LogP contribution in [0.5, 0.6) is 0 Å². The van der Waals surface area contributed by atoms with Crippen molar-refractivity contribution in [2.24, 2.45) is 5.92 Å². The molecule has 0 amide bonds. The zero-order valence-electron chi connectivity index (χ0n) is 7.34. The van der Waals surface area contributed by atoms with E-state index in [1.807, 2.05) is 6.08 Å². The maximum Gasteiger partial charge on any atom is 0.106 e. The Labute approximate surface area is 68.8 Å². The molecule has 0 aromatic rings. The van der Waals surface area contributed by atoms with Gasteiger partial charge in [0.2, 0.25) is 0 Å². The van der Waals surface area contributed by atoms with Crippen LogP contribution in [-0.4, -0.2) is 6.61 Å². The van der Waals surface area contributed by atoms with Gasteiger partial charge in [-0.1, -0.05) is 19.9 Å². The highest BCUT2D eigenvalue weighted by Crippen LogP contribution is 2.14. The first kappa shape index (κ1) is 8.38. The third kappa shape index (κ3) is 3.26. The number of rotatable bonds is 3. The SMILES string of the molecule is CC(C)CCC1=CC=CCO1. The van der Waals surface area contributed by atoms with Gasteiger partial charge in [-0.3, -0.25) is 0 Å². The monoisotopic (exact) mass is 152 g/mol. The largest absolute Gasteiger partial charge is 0.494 e. The van der Waals surface area contributed by atoms with E-state index in [9.17, 15) is 0 Å². The first-order valence-electron chi connectivity index (χ1n) is 4.27. The van der Waals surface area contributed by atoms with E-state index in [0.717, 1.165) is 24.7 Å². The second-order valence-corrected chi connectivity index (χ2v) is 3.30. The smallest absolute Gasteiger partial charge is 0.106 e. The maximum absolute atomic E-state index is 5.40. The average molecular weight is 152 g/mol. The summed E-state index contributed by atoms with van der Waals surface area (Å²) in [4.78, 5) is 0. The highest BCUT2D eigenvalue weighted by Gasteiger charge is 2.01. The molecule has 0 bridgehead atoms. The molecule has 1 aliphatic heterocycles. The van der Waals surface area contributed by atoms with Gasteiger partial charge in [-0.05, 0) is 24.5 Å². The molecule has 1 heterocycles. The molecule has 11 heavy (non-hydrogen) atoms. The van der Waals surface area contributed by atoms with Crippen molar-refractivity contribution in [3.05, 3.63) is 24.0 Å². The van der Waals surface area contributed by atoms with Crippen molar-refractivity contribution in [3.8, 4) is 0 Å². The van der Waals surface area contributed by atoms with E-state index in [1.165, 1.54) is 6.42 Å². The highest BCUT2D eigenvalue weighted by molar-refractivity contribution is 5.11. The minimum atomic E-state index is 0.754. The molecule has 0 saturated carbocycles. The van der Waals surface area contributed by atoms with Crippen molar-refractivity contribution in [2.45, 2.75) is 26.7 Å². The summed E-state index contributed by atoms with van der Waals surface area (Å²) < 4.78 is 5.40. The Kier molecular flexibility index (Phi) is 3.21. The molecule has 0 fully saturated rings. The molecule has 0 spiro atoms. The van der Waals surface area contributed by atoms with Gasteiger partial charge in [0.05, 0.1) is 5.76 Å². The molecule has 1 nitrogen and oxygen atoms in total. The molecule has 0 atom stereocenters. The van der Waals surface area contributed by atoms with E-state index in [4.69, 9.17) is 4.74 Å². The lowest BCUT2D eigenvalue weighted by Crippen LogP contribution is -1.98. The average Bonchev–Trinajstić information content (AvgIpc) is 2.03. The van der Waals surface area contributed by atoms with Gasteiger partial charge in [0, 0.05) is 6.42 Å². The summed E-state index contributed by atoms with van der Waals surface area (Å²) >= 11 is 0. The number of allylic oxidation sites excluding steroid dienone is 3. The van der Waals surface area contributed by atoms with Crippen LogP contribution in [0.25, 0.3) is 0 Å². The van der Waals surface area contributed by atoms with Crippen molar-refractivity contribution in [2.75, 3.05) is 6.61 Å². The van der Waals surface area contributed by atoms with Gasteiger partial charge in [-0.25, -0.2) is 0 Å². The number of hydrogen-bond donors (Lipinski definition) is 0. The molecule has 0 aromatic heterocycles. The van der Waals surface area contributed by atoms with Gasteiger partial charge >= 0.3 is 0 Å². The Bertz CT molecular complexity index is 166. The Morgan fingerprint density at radius 1 is 1.55 bits per heavy atom. The lowest BCUT2D eigenvalue weighted by molar-refractivity contribution is 0.227. The molecular formula is C10H16O. The van der Waals surface area contributed by atoms with E-state index in [2.05, 4.69) is 26.0 Å². The van der Waals surface area contributed by atoms with Gasteiger partial charge in [0.15, 0.2) is 0 Å². The lowest BCUT2D eigenvalue weighted by Gasteiger charge is -2.12. The first-order valence-corrected chi connectivity index (χ1v) is 4.27. The summed E-state index contributed by atoms with van der Waals surface area (Å²) in [7, 11) is 0. The van der Waals surface area contributed by atoms with Crippen LogP contribution >= 0.6 is 0 Å². The number of ether oxygens (including phenoxy) is 1. The molecule has 0 unspecified atom stereocenters. The summed E-state index contributed by atoms with van der Waals surface area (Å²) in [5.41, 5.74) is 0. The van der Waals surface area contributed by atoms with Gasteiger partial charge in [0.25, 0.3) is 0 Å². The normalized spacial score (nSPS) is 16.5. The van der Waals surface area contributed by atoms with E-state index in [0.29, 0.717) is 0 Å². The zero-order chi connectivity index (χ0) is 8.10. The van der Waals surface area contributed by atoms with Crippen molar-refractivity contribution >= 4 is 0 Å². The summed E-state index contributed by atoms with van der Waals surface area (Å²) in [6.45, 7) is 5.22. The molecular weight excluding hydrogens is 136 g/mol. The van der Waals surface area contributed by atoms with E-state index >= 15 is 0 Å². The molecule has 62 valence electrons. The number of hydrogen-bond acceptors (Lipinski definition) is 1.